The molecule has 2 fully saturated rings. The molecule has 2 aliphatic heterocycles. The van der Waals surface area contributed by atoms with E-state index in [1.807, 2.05) is 25.2 Å². The van der Waals surface area contributed by atoms with Crippen molar-refractivity contribution in [3.8, 4) is 5.75 Å². The highest BCUT2D eigenvalue weighted by Gasteiger charge is 2.22. The fourth-order valence-corrected chi connectivity index (χ4v) is 4.14. The molecule has 2 N–H and O–H groups in total. The molecule has 2 saturated heterocycles. The molecule has 0 aromatic heterocycles. The number of phenols is 1. The van der Waals surface area contributed by atoms with Crippen LogP contribution >= 0.6 is 24.0 Å². The van der Waals surface area contributed by atoms with Crippen molar-refractivity contribution in [1.29, 1.82) is 0 Å². The van der Waals surface area contributed by atoms with Gasteiger partial charge in [-0.1, -0.05) is 25.5 Å². The molecule has 1 aromatic rings. The van der Waals surface area contributed by atoms with Gasteiger partial charge in [-0.25, -0.2) is 0 Å². The average molecular weight is 501 g/mol. The molecular formula is C21H36IN5O. The summed E-state index contributed by atoms with van der Waals surface area (Å²) in [6, 6.07) is 7.59. The van der Waals surface area contributed by atoms with Crippen LogP contribution < -0.4 is 10.2 Å². The molecule has 1 atom stereocenters. The van der Waals surface area contributed by atoms with E-state index in [1.54, 1.807) is 6.07 Å². The van der Waals surface area contributed by atoms with Crippen LogP contribution in [0.4, 0.5) is 5.69 Å². The number of aliphatic imine (C=N–C) groups is 1. The quantitative estimate of drug-likeness (QED) is 0.369. The summed E-state index contributed by atoms with van der Waals surface area (Å²) in [6.45, 7) is 10.6. The number of hydrogen-bond acceptors (Lipinski definition) is 4. The summed E-state index contributed by atoms with van der Waals surface area (Å²) < 4.78 is 0. The number of para-hydroxylation sites is 2. The van der Waals surface area contributed by atoms with E-state index in [0.29, 0.717) is 11.7 Å². The molecule has 2 aliphatic rings. The number of piperazine rings is 1. The summed E-state index contributed by atoms with van der Waals surface area (Å²) in [7, 11) is 1.87. The number of benzene rings is 1. The minimum atomic E-state index is 0. The number of anilines is 1. The maximum atomic E-state index is 10.1. The third-order valence-corrected chi connectivity index (χ3v) is 5.64. The van der Waals surface area contributed by atoms with E-state index >= 15 is 0 Å². The number of piperidine rings is 1. The van der Waals surface area contributed by atoms with E-state index in [-0.39, 0.29) is 24.0 Å². The molecule has 3 rings (SSSR count). The molecule has 0 amide bonds. The molecule has 1 aromatic carbocycles. The van der Waals surface area contributed by atoms with Crippen LogP contribution in [0, 0.1) is 5.92 Å². The lowest BCUT2D eigenvalue weighted by Gasteiger charge is -2.38. The van der Waals surface area contributed by atoms with Crippen LogP contribution in [0.3, 0.4) is 0 Å². The molecule has 1 unspecified atom stereocenters. The zero-order chi connectivity index (χ0) is 19.1. The Labute approximate surface area is 187 Å². The van der Waals surface area contributed by atoms with Crippen LogP contribution in [-0.4, -0.2) is 80.3 Å². The lowest BCUT2D eigenvalue weighted by molar-refractivity contribution is 0.200. The Hall–Kier alpha value is -1.22. The third-order valence-electron chi connectivity index (χ3n) is 5.64. The standard InChI is InChI=1S/C21H35N5O.HI/c1-18(17-24-10-6-3-7-11-24)16-23-21(22-2)26-14-12-25(13-15-26)19-8-4-5-9-20(19)27;/h4-5,8-9,18,27H,3,6-7,10-17H2,1-2H3,(H,22,23);1H. The fraction of sp³-hybridized carbons (Fsp3) is 0.667. The minimum absolute atomic E-state index is 0. The number of halogens is 1. The Balaban J connectivity index is 0.00000280. The second-order valence-electron chi connectivity index (χ2n) is 7.86. The molecule has 0 aliphatic carbocycles. The Morgan fingerprint density at radius 3 is 2.39 bits per heavy atom. The van der Waals surface area contributed by atoms with E-state index in [2.05, 4.69) is 31.9 Å². The first-order valence-electron chi connectivity index (χ1n) is 10.4. The molecule has 28 heavy (non-hydrogen) atoms. The Morgan fingerprint density at radius 2 is 1.75 bits per heavy atom. The zero-order valence-electron chi connectivity index (χ0n) is 17.3. The molecule has 0 spiro atoms. The summed E-state index contributed by atoms with van der Waals surface area (Å²) in [4.78, 5) is 11.7. The molecule has 6 nitrogen and oxygen atoms in total. The Morgan fingerprint density at radius 1 is 1.07 bits per heavy atom. The van der Waals surface area contributed by atoms with Crippen LogP contribution in [0.25, 0.3) is 0 Å². The van der Waals surface area contributed by atoms with Crippen LogP contribution in [0.1, 0.15) is 26.2 Å². The lowest BCUT2D eigenvalue weighted by atomic mass is 10.1. The highest BCUT2D eigenvalue weighted by molar-refractivity contribution is 14.0. The first kappa shape index (κ1) is 23.1. The summed E-state index contributed by atoms with van der Waals surface area (Å²) >= 11 is 0. The van der Waals surface area contributed by atoms with Gasteiger partial charge in [0.2, 0.25) is 0 Å². The Bertz CT molecular complexity index is 613. The average Bonchev–Trinajstić information content (AvgIpc) is 2.70. The van der Waals surface area contributed by atoms with Gasteiger partial charge in [-0.15, -0.1) is 24.0 Å². The van der Waals surface area contributed by atoms with E-state index in [1.165, 1.54) is 38.9 Å². The number of phenolic OH excluding ortho intramolecular Hbond substituents is 1. The summed E-state index contributed by atoms with van der Waals surface area (Å²) in [6.07, 6.45) is 4.09. The van der Waals surface area contributed by atoms with E-state index in [4.69, 9.17) is 0 Å². The number of guanidine groups is 1. The first-order valence-corrected chi connectivity index (χ1v) is 10.4. The number of rotatable bonds is 5. The first-order chi connectivity index (χ1) is 13.2. The minimum Gasteiger partial charge on any atom is -0.506 e. The van der Waals surface area contributed by atoms with Crippen LogP contribution in [0.15, 0.2) is 29.3 Å². The lowest BCUT2D eigenvalue weighted by Crippen LogP contribution is -2.53. The number of aromatic hydroxyl groups is 1. The zero-order valence-corrected chi connectivity index (χ0v) is 19.6. The van der Waals surface area contributed by atoms with Gasteiger partial charge < -0.3 is 25.1 Å². The predicted molar refractivity (Wildman–Crippen MR) is 128 cm³/mol. The Kier molecular flexibility index (Phi) is 9.64. The van der Waals surface area contributed by atoms with E-state index < -0.39 is 0 Å². The topological polar surface area (TPSA) is 54.3 Å². The second kappa shape index (κ2) is 11.7. The number of likely N-dealkylation sites (tertiary alicyclic amines) is 1. The largest absolute Gasteiger partial charge is 0.506 e. The highest BCUT2D eigenvalue weighted by Crippen LogP contribution is 2.27. The van der Waals surface area contributed by atoms with Gasteiger partial charge in [0, 0.05) is 46.3 Å². The van der Waals surface area contributed by atoms with Crippen LogP contribution in [-0.2, 0) is 0 Å². The maximum Gasteiger partial charge on any atom is 0.193 e. The molecule has 7 heteroatoms. The molecule has 0 radical (unpaired) electrons. The van der Waals surface area contributed by atoms with Crippen molar-refractivity contribution in [2.24, 2.45) is 10.9 Å². The summed E-state index contributed by atoms with van der Waals surface area (Å²) in [5, 5.41) is 13.6. The van der Waals surface area contributed by atoms with E-state index in [9.17, 15) is 5.11 Å². The van der Waals surface area contributed by atoms with Crippen molar-refractivity contribution < 1.29 is 5.11 Å². The van der Waals surface area contributed by atoms with Crippen molar-refractivity contribution in [2.45, 2.75) is 26.2 Å². The van der Waals surface area contributed by atoms with Gasteiger partial charge in [-0.3, -0.25) is 4.99 Å². The molecule has 158 valence electrons. The van der Waals surface area contributed by atoms with Gasteiger partial charge in [-0.2, -0.15) is 0 Å². The van der Waals surface area contributed by atoms with Gasteiger partial charge in [0.15, 0.2) is 5.96 Å². The van der Waals surface area contributed by atoms with E-state index in [0.717, 1.165) is 44.4 Å². The van der Waals surface area contributed by atoms with Crippen LogP contribution in [0.5, 0.6) is 5.75 Å². The smallest absolute Gasteiger partial charge is 0.193 e. The summed E-state index contributed by atoms with van der Waals surface area (Å²) in [5.41, 5.74) is 0.926. The number of hydrogen-bond donors (Lipinski definition) is 2. The SMILES string of the molecule is CN=C(NCC(C)CN1CCCCC1)N1CCN(c2ccccc2O)CC1.I. The highest BCUT2D eigenvalue weighted by atomic mass is 127. The third kappa shape index (κ3) is 6.40. The van der Waals surface area contributed by atoms with Gasteiger partial charge in [0.1, 0.15) is 5.75 Å². The normalized spacial score (nSPS) is 19.9. The molecule has 2 heterocycles. The van der Waals surface area contributed by atoms with Gasteiger partial charge >= 0.3 is 0 Å². The van der Waals surface area contributed by atoms with Gasteiger partial charge in [0.05, 0.1) is 5.69 Å². The van der Waals surface area contributed by atoms with Crippen LogP contribution in [0.2, 0.25) is 0 Å². The molecular weight excluding hydrogens is 465 g/mol. The van der Waals surface area contributed by atoms with Crippen molar-refractivity contribution in [1.82, 2.24) is 15.1 Å². The van der Waals surface area contributed by atoms with Crippen molar-refractivity contribution in [3.63, 3.8) is 0 Å². The summed E-state index contributed by atoms with van der Waals surface area (Å²) in [5.74, 6) is 1.97. The van der Waals surface area contributed by atoms with Gasteiger partial charge in [-0.05, 0) is 44.0 Å². The van der Waals surface area contributed by atoms with Gasteiger partial charge in [0.25, 0.3) is 0 Å². The fourth-order valence-electron chi connectivity index (χ4n) is 4.14. The number of nitrogens with zero attached hydrogens (tertiary/aromatic N) is 4. The second-order valence-corrected chi connectivity index (χ2v) is 7.86. The number of nitrogens with one attached hydrogen (secondary N) is 1. The molecule has 0 saturated carbocycles. The predicted octanol–water partition coefficient (Wildman–Crippen LogP) is 2.83. The maximum absolute atomic E-state index is 10.1. The monoisotopic (exact) mass is 501 g/mol. The van der Waals surface area contributed by atoms with Crippen molar-refractivity contribution in [2.75, 3.05) is 64.3 Å². The van der Waals surface area contributed by atoms with Crippen molar-refractivity contribution in [3.05, 3.63) is 24.3 Å². The molecule has 0 bridgehead atoms. The van der Waals surface area contributed by atoms with Crippen molar-refractivity contribution >= 4 is 35.6 Å².